The summed E-state index contributed by atoms with van der Waals surface area (Å²) < 4.78 is 19.0. The van der Waals surface area contributed by atoms with Crippen LogP contribution >= 0.6 is 11.3 Å². The number of piperidine rings is 1. The van der Waals surface area contributed by atoms with Gasteiger partial charge >= 0.3 is 5.97 Å². The van der Waals surface area contributed by atoms with Crippen LogP contribution in [0.3, 0.4) is 0 Å². The first-order valence-electron chi connectivity index (χ1n) is 9.67. The number of pyridine rings is 1. The van der Waals surface area contributed by atoms with Crippen molar-refractivity contribution in [3.63, 3.8) is 0 Å². The minimum Gasteiger partial charge on any atom is -0.466 e. The Labute approximate surface area is 172 Å². The number of amides is 1. The SMILES string of the molecule is CCOC(=O)C1CCN(C(=O)c2cc(-c3cccs3)nc3ccc(F)cc23)CC1. The molecule has 1 amide bonds. The summed E-state index contributed by atoms with van der Waals surface area (Å²) in [4.78, 5) is 32.6. The summed E-state index contributed by atoms with van der Waals surface area (Å²) in [6.45, 7) is 3.08. The summed E-state index contributed by atoms with van der Waals surface area (Å²) in [5.41, 5.74) is 1.72. The molecule has 1 aromatic carbocycles. The second-order valence-corrected chi connectivity index (χ2v) is 7.96. The number of hydrogen-bond donors (Lipinski definition) is 0. The fourth-order valence-corrected chi connectivity index (χ4v) is 4.36. The molecule has 2 aromatic heterocycles. The van der Waals surface area contributed by atoms with Crippen molar-refractivity contribution in [3.8, 4) is 10.6 Å². The molecule has 0 N–H and O–H groups in total. The third kappa shape index (κ3) is 4.00. The van der Waals surface area contributed by atoms with Crippen molar-refractivity contribution in [1.82, 2.24) is 9.88 Å². The van der Waals surface area contributed by atoms with E-state index in [1.807, 2.05) is 17.5 Å². The Hall–Kier alpha value is -2.80. The Balaban J connectivity index is 1.65. The van der Waals surface area contributed by atoms with Crippen LogP contribution < -0.4 is 0 Å². The first kappa shape index (κ1) is 19.5. The topological polar surface area (TPSA) is 59.5 Å². The van der Waals surface area contributed by atoms with Gasteiger partial charge in [-0.3, -0.25) is 9.59 Å². The lowest BCUT2D eigenvalue weighted by atomic mass is 9.96. The molecule has 1 fully saturated rings. The summed E-state index contributed by atoms with van der Waals surface area (Å²) in [7, 11) is 0. The third-order valence-electron chi connectivity index (χ3n) is 5.18. The molecule has 0 bridgehead atoms. The number of carbonyl (C=O) groups excluding carboxylic acids is 2. The highest BCUT2D eigenvalue weighted by molar-refractivity contribution is 7.13. The van der Waals surface area contributed by atoms with Crippen LogP contribution in [0.2, 0.25) is 0 Å². The average Bonchev–Trinajstić information content (AvgIpc) is 3.28. The van der Waals surface area contributed by atoms with Crippen LogP contribution in [-0.2, 0) is 9.53 Å². The number of hydrogen-bond acceptors (Lipinski definition) is 5. The number of benzene rings is 1. The summed E-state index contributed by atoms with van der Waals surface area (Å²) in [6, 6.07) is 9.93. The number of ether oxygens (including phenoxy) is 1. The van der Waals surface area contributed by atoms with Crippen LogP contribution in [0.15, 0.2) is 41.8 Å². The second kappa shape index (κ2) is 8.29. The normalized spacial score (nSPS) is 14.9. The molecular formula is C22H21FN2O3S. The van der Waals surface area contributed by atoms with Gasteiger partial charge in [0.25, 0.3) is 5.91 Å². The maximum atomic E-state index is 13.9. The number of aromatic nitrogens is 1. The van der Waals surface area contributed by atoms with E-state index in [2.05, 4.69) is 4.98 Å². The van der Waals surface area contributed by atoms with Crippen molar-refractivity contribution in [1.29, 1.82) is 0 Å². The van der Waals surface area contributed by atoms with Crippen LogP contribution in [0.5, 0.6) is 0 Å². The minimum absolute atomic E-state index is 0.164. The molecule has 3 aromatic rings. The highest BCUT2D eigenvalue weighted by Gasteiger charge is 2.29. The van der Waals surface area contributed by atoms with Gasteiger partial charge < -0.3 is 9.64 Å². The van der Waals surface area contributed by atoms with Crippen LogP contribution in [0, 0.1) is 11.7 Å². The average molecular weight is 412 g/mol. The van der Waals surface area contributed by atoms with E-state index in [4.69, 9.17) is 4.74 Å². The fourth-order valence-electron chi connectivity index (χ4n) is 3.67. The molecule has 0 unspecified atom stereocenters. The fraction of sp³-hybridized carbons (Fsp3) is 0.318. The van der Waals surface area contributed by atoms with Crippen molar-refractivity contribution >= 4 is 34.1 Å². The number of likely N-dealkylation sites (tertiary alicyclic amines) is 1. The zero-order chi connectivity index (χ0) is 20.4. The lowest BCUT2D eigenvalue weighted by molar-refractivity contribution is -0.149. The largest absolute Gasteiger partial charge is 0.466 e. The Morgan fingerprint density at radius 3 is 2.72 bits per heavy atom. The molecule has 0 atom stereocenters. The van der Waals surface area contributed by atoms with Gasteiger partial charge in [-0.05, 0) is 55.5 Å². The lowest BCUT2D eigenvalue weighted by Gasteiger charge is -2.31. The molecule has 0 radical (unpaired) electrons. The Morgan fingerprint density at radius 1 is 1.24 bits per heavy atom. The monoisotopic (exact) mass is 412 g/mol. The van der Waals surface area contributed by atoms with E-state index >= 15 is 0 Å². The number of carbonyl (C=O) groups is 2. The number of thiophene rings is 1. The molecule has 150 valence electrons. The van der Waals surface area contributed by atoms with E-state index in [1.54, 1.807) is 24.0 Å². The predicted octanol–water partition coefficient (Wildman–Crippen LogP) is 4.52. The molecule has 4 rings (SSSR count). The van der Waals surface area contributed by atoms with Crippen molar-refractivity contribution < 1.29 is 18.7 Å². The smallest absolute Gasteiger partial charge is 0.309 e. The van der Waals surface area contributed by atoms with Crippen LogP contribution in [0.1, 0.15) is 30.1 Å². The van der Waals surface area contributed by atoms with E-state index in [1.165, 1.54) is 23.5 Å². The Bertz CT molecular complexity index is 1040. The second-order valence-electron chi connectivity index (χ2n) is 7.01. The van der Waals surface area contributed by atoms with Gasteiger partial charge in [0.1, 0.15) is 5.82 Å². The first-order chi connectivity index (χ1) is 14.1. The van der Waals surface area contributed by atoms with E-state index in [0.717, 1.165) is 4.88 Å². The summed E-state index contributed by atoms with van der Waals surface area (Å²) >= 11 is 1.54. The van der Waals surface area contributed by atoms with Crippen molar-refractivity contribution in [3.05, 3.63) is 53.2 Å². The molecule has 1 aliphatic rings. The molecule has 29 heavy (non-hydrogen) atoms. The summed E-state index contributed by atoms with van der Waals surface area (Å²) in [5, 5.41) is 2.45. The van der Waals surface area contributed by atoms with Crippen LogP contribution in [0.25, 0.3) is 21.5 Å². The molecule has 0 saturated carbocycles. The van der Waals surface area contributed by atoms with Gasteiger partial charge in [-0.1, -0.05) is 6.07 Å². The van der Waals surface area contributed by atoms with Gasteiger partial charge in [0, 0.05) is 18.5 Å². The molecule has 0 aliphatic carbocycles. The molecule has 3 heterocycles. The maximum Gasteiger partial charge on any atom is 0.309 e. The number of esters is 1. The number of fused-ring (bicyclic) bond motifs is 1. The number of rotatable bonds is 4. The lowest BCUT2D eigenvalue weighted by Crippen LogP contribution is -2.40. The number of halogens is 1. The summed E-state index contributed by atoms with van der Waals surface area (Å²) in [6.07, 6.45) is 1.14. The Morgan fingerprint density at radius 2 is 2.03 bits per heavy atom. The standard InChI is InChI=1S/C22H21FN2O3S/c1-2-28-22(27)14-7-9-25(10-8-14)21(26)17-13-19(20-4-3-11-29-20)24-18-6-5-15(23)12-16(17)18/h3-6,11-14H,2,7-10H2,1H3. The van der Waals surface area contributed by atoms with Gasteiger partial charge in [0.05, 0.1) is 34.2 Å². The highest BCUT2D eigenvalue weighted by atomic mass is 32.1. The van der Waals surface area contributed by atoms with Crippen molar-refractivity contribution in [2.45, 2.75) is 19.8 Å². The zero-order valence-electron chi connectivity index (χ0n) is 16.1. The third-order valence-corrected chi connectivity index (χ3v) is 6.07. The molecule has 1 saturated heterocycles. The first-order valence-corrected chi connectivity index (χ1v) is 10.5. The van der Waals surface area contributed by atoms with E-state index < -0.39 is 5.82 Å². The summed E-state index contributed by atoms with van der Waals surface area (Å²) in [5.74, 6) is -0.940. The van der Waals surface area contributed by atoms with E-state index in [0.29, 0.717) is 54.7 Å². The number of nitrogens with zero attached hydrogens (tertiary/aromatic N) is 2. The van der Waals surface area contributed by atoms with Gasteiger partial charge in [0.15, 0.2) is 0 Å². The minimum atomic E-state index is -0.404. The van der Waals surface area contributed by atoms with E-state index in [-0.39, 0.29) is 17.8 Å². The van der Waals surface area contributed by atoms with Gasteiger partial charge in [0.2, 0.25) is 0 Å². The van der Waals surface area contributed by atoms with Gasteiger partial charge in [-0.15, -0.1) is 11.3 Å². The maximum absolute atomic E-state index is 13.9. The molecule has 7 heteroatoms. The highest BCUT2D eigenvalue weighted by Crippen LogP contribution is 2.30. The molecule has 5 nitrogen and oxygen atoms in total. The molecular weight excluding hydrogens is 391 g/mol. The van der Waals surface area contributed by atoms with Crippen LogP contribution in [-0.4, -0.2) is 41.5 Å². The molecule has 1 aliphatic heterocycles. The van der Waals surface area contributed by atoms with Gasteiger partial charge in [-0.25, -0.2) is 9.37 Å². The van der Waals surface area contributed by atoms with Crippen LogP contribution in [0.4, 0.5) is 4.39 Å². The Kier molecular flexibility index (Phi) is 5.58. The van der Waals surface area contributed by atoms with Crippen molar-refractivity contribution in [2.24, 2.45) is 5.92 Å². The predicted molar refractivity (Wildman–Crippen MR) is 110 cm³/mol. The van der Waals surface area contributed by atoms with Gasteiger partial charge in [-0.2, -0.15) is 0 Å². The van der Waals surface area contributed by atoms with E-state index in [9.17, 15) is 14.0 Å². The van der Waals surface area contributed by atoms with Crippen molar-refractivity contribution in [2.75, 3.05) is 19.7 Å². The zero-order valence-corrected chi connectivity index (χ0v) is 16.9. The quantitative estimate of drug-likeness (QED) is 0.591. The molecule has 0 spiro atoms.